The van der Waals surface area contributed by atoms with Gasteiger partial charge in [-0.2, -0.15) is 5.10 Å². The van der Waals surface area contributed by atoms with E-state index in [4.69, 9.17) is 5.11 Å². The molecule has 0 unspecified atom stereocenters. The number of carbonyl (C=O) groups is 1. The average molecular weight is 298 g/mol. The highest BCUT2D eigenvalue weighted by Crippen LogP contribution is 2.10. The van der Waals surface area contributed by atoms with E-state index in [0.717, 1.165) is 0 Å². The van der Waals surface area contributed by atoms with E-state index in [2.05, 4.69) is 20.3 Å². The Morgan fingerprint density at radius 2 is 2.09 bits per heavy atom. The van der Waals surface area contributed by atoms with Gasteiger partial charge in [0.15, 0.2) is 0 Å². The lowest BCUT2D eigenvalue weighted by molar-refractivity contribution is -0.782. The SMILES string of the molecule is O=C(N/N=C/c1ccc2c(c1)no[n+]2[O-])c1ccc(O)cc1. The van der Waals surface area contributed by atoms with Crippen molar-refractivity contribution in [3.05, 3.63) is 58.8 Å². The smallest absolute Gasteiger partial charge is 0.271 e. The van der Waals surface area contributed by atoms with E-state index in [1.54, 1.807) is 18.2 Å². The van der Waals surface area contributed by atoms with E-state index in [9.17, 15) is 10.0 Å². The first-order valence-electron chi connectivity index (χ1n) is 6.25. The maximum Gasteiger partial charge on any atom is 0.271 e. The predicted molar refractivity (Wildman–Crippen MR) is 76.1 cm³/mol. The second-order valence-corrected chi connectivity index (χ2v) is 4.42. The monoisotopic (exact) mass is 298 g/mol. The molecule has 8 heteroatoms. The first-order chi connectivity index (χ1) is 10.6. The third-order valence-corrected chi connectivity index (χ3v) is 2.92. The average Bonchev–Trinajstić information content (AvgIpc) is 2.89. The van der Waals surface area contributed by atoms with Gasteiger partial charge < -0.3 is 10.3 Å². The minimum absolute atomic E-state index is 0.0802. The largest absolute Gasteiger partial charge is 0.508 e. The zero-order valence-electron chi connectivity index (χ0n) is 11.1. The highest BCUT2D eigenvalue weighted by atomic mass is 16.8. The Bertz CT molecular complexity index is 855. The summed E-state index contributed by atoms with van der Waals surface area (Å²) in [5, 5.41) is 27.7. The van der Waals surface area contributed by atoms with Crippen molar-refractivity contribution in [1.82, 2.24) is 10.6 Å². The molecule has 8 nitrogen and oxygen atoms in total. The number of hydrogen-bond acceptors (Lipinski definition) is 6. The van der Waals surface area contributed by atoms with Gasteiger partial charge in [-0.15, -0.1) is 0 Å². The van der Waals surface area contributed by atoms with Gasteiger partial charge in [-0.05, 0) is 46.9 Å². The van der Waals surface area contributed by atoms with Gasteiger partial charge in [0.05, 0.1) is 6.21 Å². The summed E-state index contributed by atoms with van der Waals surface area (Å²) in [5.74, 6) is -0.326. The molecule has 3 aromatic rings. The molecule has 0 radical (unpaired) electrons. The number of amides is 1. The Morgan fingerprint density at radius 1 is 1.32 bits per heavy atom. The first kappa shape index (κ1) is 13.6. The molecule has 0 aliphatic heterocycles. The summed E-state index contributed by atoms with van der Waals surface area (Å²) in [7, 11) is 0. The quantitative estimate of drug-likeness (QED) is 0.424. The van der Waals surface area contributed by atoms with Crippen LogP contribution in [0.25, 0.3) is 11.0 Å². The second kappa shape index (κ2) is 5.52. The number of nitrogens with zero attached hydrogens (tertiary/aromatic N) is 3. The Labute approximate surface area is 123 Å². The summed E-state index contributed by atoms with van der Waals surface area (Å²) in [6.45, 7) is 0. The van der Waals surface area contributed by atoms with E-state index in [1.165, 1.54) is 30.5 Å². The third-order valence-electron chi connectivity index (χ3n) is 2.92. The van der Waals surface area contributed by atoms with Gasteiger partial charge in [-0.3, -0.25) is 9.42 Å². The van der Waals surface area contributed by atoms with E-state index in [-0.39, 0.29) is 5.75 Å². The Hall–Kier alpha value is -3.42. The maximum atomic E-state index is 11.8. The Balaban J connectivity index is 1.70. The van der Waals surface area contributed by atoms with Crippen LogP contribution in [0.5, 0.6) is 5.75 Å². The van der Waals surface area contributed by atoms with E-state index in [0.29, 0.717) is 27.1 Å². The first-order valence-corrected chi connectivity index (χ1v) is 6.25. The fourth-order valence-corrected chi connectivity index (χ4v) is 1.82. The summed E-state index contributed by atoms with van der Waals surface area (Å²) in [5.41, 5.74) is 4.08. The third kappa shape index (κ3) is 2.70. The van der Waals surface area contributed by atoms with Crippen molar-refractivity contribution in [2.24, 2.45) is 5.10 Å². The number of aromatic hydroxyl groups is 1. The van der Waals surface area contributed by atoms with Crippen LogP contribution >= 0.6 is 0 Å². The minimum Gasteiger partial charge on any atom is -0.508 e. The lowest BCUT2D eigenvalue weighted by atomic mass is 10.2. The fraction of sp³-hybridized carbons (Fsp3) is 0. The molecule has 0 saturated heterocycles. The Morgan fingerprint density at radius 3 is 2.86 bits per heavy atom. The molecule has 22 heavy (non-hydrogen) atoms. The fourth-order valence-electron chi connectivity index (χ4n) is 1.82. The van der Waals surface area contributed by atoms with Crippen molar-refractivity contribution < 1.29 is 19.4 Å². The zero-order chi connectivity index (χ0) is 15.5. The van der Waals surface area contributed by atoms with Crippen LogP contribution in [0.3, 0.4) is 0 Å². The van der Waals surface area contributed by atoms with Crippen LogP contribution in [-0.2, 0) is 0 Å². The molecule has 0 aliphatic carbocycles. The summed E-state index contributed by atoms with van der Waals surface area (Å²) in [6, 6.07) is 10.6. The number of benzene rings is 2. The summed E-state index contributed by atoms with van der Waals surface area (Å²) < 4.78 is 4.46. The number of rotatable bonds is 3. The molecule has 0 spiro atoms. The van der Waals surface area contributed by atoms with Gasteiger partial charge in [-0.25, -0.2) is 5.43 Å². The topological polar surface area (TPSA) is 115 Å². The molecular weight excluding hydrogens is 288 g/mol. The number of nitrogens with one attached hydrogen (secondary N) is 1. The van der Waals surface area contributed by atoms with Gasteiger partial charge in [0, 0.05) is 16.8 Å². The maximum absolute atomic E-state index is 11.8. The van der Waals surface area contributed by atoms with Crippen molar-refractivity contribution in [2.45, 2.75) is 0 Å². The number of phenols is 1. The molecule has 2 N–H and O–H groups in total. The van der Waals surface area contributed by atoms with Gasteiger partial charge in [0.2, 0.25) is 11.0 Å². The van der Waals surface area contributed by atoms with Gasteiger partial charge in [0.25, 0.3) is 5.91 Å². The number of carbonyl (C=O) groups excluding carboxylic acids is 1. The molecule has 0 aliphatic rings. The molecule has 3 rings (SSSR count). The van der Waals surface area contributed by atoms with Crippen molar-refractivity contribution in [3.63, 3.8) is 0 Å². The van der Waals surface area contributed by atoms with Crippen LogP contribution in [0.15, 0.2) is 52.2 Å². The summed E-state index contributed by atoms with van der Waals surface area (Å²) >= 11 is 0. The zero-order valence-corrected chi connectivity index (χ0v) is 11.1. The molecule has 1 aromatic heterocycles. The molecule has 1 amide bonds. The van der Waals surface area contributed by atoms with Crippen LogP contribution in [0.1, 0.15) is 15.9 Å². The van der Waals surface area contributed by atoms with Gasteiger partial charge in [-0.1, -0.05) is 0 Å². The lowest BCUT2D eigenvalue weighted by Crippen LogP contribution is -2.22. The minimum atomic E-state index is -0.406. The van der Waals surface area contributed by atoms with Crippen LogP contribution in [0, 0.1) is 5.21 Å². The van der Waals surface area contributed by atoms with Crippen molar-refractivity contribution in [3.8, 4) is 5.75 Å². The van der Waals surface area contributed by atoms with Crippen LogP contribution in [-0.4, -0.2) is 22.4 Å². The van der Waals surface area contributed by atoms with Crippen molar-refractivity contribution in [2.75, 3.05) is 0 Å². The molecular formula is C14H10N4O4. The highest BCUT2D eigenvalue weighted by molar-refractivity contribution is 5.95. The van der Waals surface area contributed by atoms with Crippen LogP contribution in [0.2, 0.25) is 0 Å². The van der Waals surface area contributed by atoms with Crippen molar-refractivity contribution >= 4 is 23.2 Å². The standard InChI is InChI=1S/C14H10N4O4/c19-11-4-2-10(3-5-11)14(20)16-15-8-9-1-6-13-12(7-9)17-22-18(13)21/h1-8,19H,(H,16,20)/b15-8+. The van der Waals surface area contributed by atoms with E-state index >= 15 is 0 Å². The van der Waals surface area contributed by atoms with E-state index in [1.807, 2.05) is 0 Å². The number of hydrogen-bond donors (Lipinski definition) is 2. The molecule has 110 valence electrons. The van der Waals surface area contributed by atoms with Gasteiger partial charge >= 0.3 is 0 Å². The normalized spacial score (nSPS) is 11.1. The molecule has 0 atom stereocenters. The second-order valence-electron chi connectivity index (χ2n) is 4.42. The van der Waals surface area contributed by atoms with E-state index < -0.39 is 5.91 Å². The molecule has 0 bridgehead atoms. The summed E-state index contributed by atoms with van der Waals surface area (Å²) in [6.07, 6.45) is 1.42. The number of aromatic nitrogens is 2. The van der Waals surface area contributed by atoms with Crippen LogP contribution in [0.4, 0.5) is 0 Å². The summed E-state index contributed by atoms with van der Waals surface area (Å²) in [4.78, 5) is 12.1. The highest BCUT2D eigenvalue weighted by Gasteiger charge is 2.08. The predicted octanol–water partition coefficient (Wildman–Crippen LogP) is 0.931. The van der Waals surface area contributed by atoms with Crippen molar-refractivity contribution in [1.29, 1.82) is 0 Å². The van der Waals surface area contributed by atoms with Crippen LogP contribution < -0.4 is 10.3 Å². The number of phenolic OH excluding ortho intramolecular Hbond substituents is 1. The molecule has 0 saturated carbocycles. The lowest BCUT2D eigenvalue weighted by Gasteiger charge is -1.99. The number of hydrazone groups is 1. The molecule has 0 fully saturated rings. The molecule has 1 heterocycles. The number of fused-ring (bicyclic) bond motifs is 1. The van der Waals surface area contributed by atoms with Gasteiger partial charge in [0.1, 0.15) is 5.75 Å². The Kier molecular flexibility index (Phi) is 3.40. The molecule has 2 aromatic carbocycles.